The van der Waals surface area contributed by atoms with Crippen molar-refractivity contribution in [2.45, 2.75) is 32.1 Å². The van der Waals surface area contributed by atoms with Gasteiger partial charge >= 0.3 is 5.97 Å². The molecular weight excluding hydrogens is 336 g/mol. The van der Waals surface area contributed by atoms with E-state index < -0.39 is 5.97 Å². The van der Waals surface area contributed by atoms with Gasteiger partial charge in [-0.3, -0.25) is 14.4 Å². The Morgan fingerprint density at radius 2 is 1.81 bits per heavy atom. The molecule has 26 heavy (non-hydrogen) atoms. The minimum Gasteiger partial charge on any atom is -0.493 e. The lowest BCUT2D eigenvalue weighted by Crippen LogP contribution is -2.43. The Hall–Kier alpha value is -2.57. The van der Waals surface area contributed by atoms with E-state index in [1.54, 1.807) is 4.90 Å². The number of ether oxygens (including phenoxy) is 1. The van der Waals surface area contributed by atoms with Crippen molar-refractivity contribution in [1.29, 1.82) is 0 Å². The molecule has 0 radical (unpaired) electrons. The summed E-state index contributed by atoms with van der Waals surface area (Å²) in [6, 6.07) is 9.38. The first-order chi connectivity index (χ1) is 12.6. The average Bonchev–Trinajstić information content (AvgIpc) is 2.66. The van der Waals surface area contributed by atoms with Gasteiger partial charge in [0.05, 0.1) is 13.0 Å². The molecule has 2 amide bonds. The molecule has 0 spiro atoms. The minimum atomic E-state index is -0.859. The number of rotatable bonds is 9. The van der Waals surface area contributed by atoms with Crippen LogP contribution in [0.3, 0.4) is 0 Å². The third kappa shape index (κ3) is 6.74. The molecule has 0 bridgehead atoms. The highest BCUT2D eigenvalue weighted by atomic mass is 16.5. The molecule has 1 aliphatic heterocycles. The molecule has 1 aromatic rings. The van der Waals surface area contributed by atoms with Crippen LogP contribution in [0.1, 0.15) is 32.1 Å². The number of carboxylic acids is 1. The van der Waals surface area contributed by atoms with Gasteiger partial charge < -0.3 is 20.1 Å². The van der Waals surface area contributed by atoms with Gasteiger partial charge in [-0.1, -0.05) is 18.2 Å². The lowest BCUT2D eigenvalue weighted by Gasteiger charge is -2.31. The topological polar surface area (TPSA) is 95.9 Å². The van der Waals surface area contributed by atoms with E-state index in [-0.39, 0.29) is 24.2 Å². The Bertz CT molecular complexity index is 597. The summed E-state index contributed by atoms with van der Waals surface area (Å²) < 4.78 is 5.55. The molecule has 0 unspecified atom stereocenters. The van der Waals surface area contributed by atoms with Crippen LogP contribution in [-0.4, -0.2) is 54.0 Å². The van der Waals surface area contributed by atoms with Crippen LogP contribution in [0.5, 0.6) is 5.75 Å². The smallest absolute Gasteiger partial charge is 0.303 e. The number of carbonyl (C=O) groups is 3. The number of carboxylic acid groups (broad SMARTS) is 1. The van der Waals surface area contributed by atoms with E-state index in [2.05, 4.69) is 5.32 Å². The molecule has 2 rings (SSSR count). The van der Waals surface area contributed by atoms with E-state index >= 15 is 0 Å². The number of hydrogen-bond acceptors (Lipinski definition) is 4. The molecule has 0 atom stereocenters. The summed E-state index contributed by atoms with van der Waals surface area (Å²) in [5.41, 5.74) is 0. The molecule has 1 aliphatic rings. The van der Waals surface area contributed by atoms with Gasteiger partial charge in [0.15, 0.2) is 0 Å². The van der Waals surface area contributed by atoms with Crippen LogP contribution in [0.25, 0.3) is 0 Å². The van der Waals surface area contributed by atoms with Crippen molar-refractivity contribution >= 4 is 17.8 Å². The highest BCUT2D eigenvalue weighted by molar-refractivity contribution is 5.80. The maximum atomic E-state index is 12.2. The molecule has 1 saturated heterocycles. The normalized spacial score (nSPS) is 14.7. The summed E-state index contributed by atoms with van der Waals surface area (Å²) in [6.07, 6.45) is 2.07. The van der Waals surface area contributed by atoms with Crippen LogP contribution in [0.2, 0.25) is 0 Å². The van der Waals surface area contributed by atoms with Gasteiger partial charge in [-0.25, -0.2) is 0 Å². The summed E-state index contributed by atoms with van der Waals surface area (Å²) >= 11 is 0. The Labute approximate surface area is 153 Å². The van der Waals surface area contributed by atoms with Crippen molar-refractivity contribution in [3.05, 3.63) is 30.3 Å². The summed E-state index contributed by atoms with van der Waals surface area (Å²) in [5.74, 6) is -0.221. The van der Waals surface area contributed by atoms with E-state index in [1.807, 2.05) is 30.3 Å². The third-order valence-electron chi connectivity index (χ3n) is 4.41. The first kappa shape index (κ1) is 19.8. The van der Waals surface area contributed by atoms with Gasteiger partial charge in [0.25, 0.3) is 0 Å². The van der Waals surface area contributed by atoms with E-state index in [4.69, 9.17) is 9.84 Å². The lowest BCUT2D eigenvalue weighted by atomic mass is 9.95. The van der Waals surface area contributed by atoms with Crippen molar-refractivity contribution < 1.29 is 24.2 Å². The van der Waals surface area contributed by atoms with Crippen molar-refractivity contribution in [3.8, 4) is 5.75 Å². The van der Waals surface area contributed by atoms with Crippen LogP contribution in [0.15, 0.2) is 30.3 Å². The van der Waals surface area contributed by atoms with Gasteiger partial charge in [0.1, 0.15) is 5.75 Å². The van der Waals surface area contributed by atoms with Crippen molar-refractivity contribution in [1.82, 2.24) is 10.2 Å². The van der Waals surface area contributed by atoms with E-state index in [1.165, 1.54) is 0 Å². The van der Waals surface area contributed by atoms with Crippen LogP contribution < -0.4 is 10.1 Å². The Morgan fingerprint density at radius 3 is 2.46 bits per heavy atom. The van der Waals surface area contributed by atoms with Crippen LogP contribution in [0, 0.1) is 5.92 Å². The number of nitrogens with zero attached hydrogens (tertiary/aromatic N) is 1. The maximum absolute atomic E-state index is 12.2. The largest absolute Gasteiger partial charge is 0.493 e. The number of amides is 2. The first-order valence-corrected chi connectivity index (χ1v) is 9.01. The second kappa shape index (κ2) is 10.4. The zero-order chi connectivity index (χ0) is 18.8. The number of benzene rings is 1. The number of aliphatic carboxylic acids is 1. The van der Waals surface area contributed by atoms with Gasteiger partial charge in [-0.2, -0.15) is 0 Å². The van der Waals surface area contributed by atoms with Gasteiger partial charge in [0, 0.05) is 32.0 Å². The van der Waals surface area contributed by atoms with Crippen LogP contribution in [-0.2, 0) is 14.4 Å². The number of likely N-dealkylation sites (tertiary alicyclic amines) is 1. The number of para-hydroxylation sites is 1. The first-order valence-electron chi connectivity index (χ1n) is 9.01. The summed E-state index contributed by atoms with van der Waals surface area (Å²) in [4.78, 5) is 36.5. The molecular formula is C19H26N2O5. The monoisotopic (exact) mass is 362 g/mol. The average molecular weight is 362 g/mol. The summed E-state index contributed by atoms with van der Waals surface area (Å²) in [5, 5.41) is 11.4. The van der Waals surface area contributed by atoms with Crippen LogP contribution >= 0.6 is 0 Å². The van der Waals surface area contributed by atoms with Gasteiger partial charge in [-0.15, -0.1) is 0 Å². The number of carbonyl (C=O) groups excluding carboxylic acids is 2. The fraction of sp³-hybridized carbons (Fsp3) is 0.526. The van der Waals surface area contributed by atoms with E-state index in [0.29, 0.717) is 51.9 Å². The highest BCUT2D eigenvalue weighted by Gasteiger charge is 2.26. The number of nitrogens with one attached hydrogen (secondary N) is 1. The molecule has 7 nitrogen and oxygen atoms in total. The highest BCUT2D eigenvalue weighted by Crippen LogP contribution is 2.18. The SMILES string of the molecule is O=C(O)CCCNC(=O)C1CCN(C(=O)CCOc2ccccc2)CC1. The fourth-order valence-electron chi connectivity index (χ4n) is 2.92. The Morgan fingerprint density at radius 1 is 1.12 bits per heavy atom. The van der Waals surface area contributed by atoms with E-state index in [9.17, 15) is 14.4 Å². The Kier molecular flexibility index (Phi) is 7.92. The predicted molar refractivity (Wildman–Crippen MR) is 95.7 cm³/mol. The molecule has 0 aliphatic carbocycles. The fourth-order valence-corrected chi connectivity index (χ4v) is 2.92. The molecule has 1 heterocycles. The van der Waals surface area contributed by atoms with Crippen molar-refractivity contribution in [3.63, 3.8) is 0 Å². The quantitative estimate of drug-likeness (QED) is 0.652. The van der Waals surface area contributed by atoms with Crippen LogP contribution in [0.4, 0.5) is 0 Å². The number of hydrogen-bond donors (Lipinski definition) is 2. The Balaban J connectivity index is 1.61. The summed E-state index contributed by atoms with van der Waals surface area (Å²) in [7, 11) is 0. The molecule has 1 aromatic carbocycles. The molecule has 0 aromatic heterocycles. The molecule has 1 fully saturated rings. The second-order valence-electron chi connectivity index (χ2n) is 6.35. The predicted octanol–water partition coefficient (Wildman–Crippen LogP) is 1.68. The van der Waals surface area contributed by atoms with Gasteiger partial charge in [-0.05, 0) is 31.4 Å². The zero-order valence-electron chi connectivity index (χ0n) is 14.9. The van der Waals surface area contributed by atoms with Crippen molar-refractivity contribution in [2.75, 3.05) is 26.2 Å². The minimum absolute atomic E-state index is 0.0428. The zero-order valence-corrected chi connectivity index (χ0v) is 14.9. The standard InChI is InChI=1S/C19H26N2O5/c22-17(10-14-26-16-5-2-1-3-6-16)21-12-8-15(9-13-21)19(25)20-11-4-7-18(23)24/h1-3,5-6,15H,4,7-14H2,(H,20,25)(H,23,24). The third-order valence-corrected chi connectivity index (χ3v) is 4.41. The van der Waals surface area contributed by atoms with E-state index in [0.717, 1.165) is 5.75 Å². The maximum Gasteiger partial charge on any atom is 0.303 e. The molecule has 142 valence electrons. The second-order valence-corrected chi connectivity index (χ2v) is 6.35. The molecule has 7 heteroatoms. The lowest BCUT2D eigenvalue weighted by molar-refractivity contribution is -0.137. The number of piperidine rings is 1. The molecule has 0 saturated carbocycles. The summed E-state index contributed by atoms with van der Waals surface area (Å²) in [6.45, 7) is 1.85. The van der Waals surface area contributed by atoms with Gasteiger partial charge in [0.2, 0.25) is 11.8 Å². The van der Waals surface area contributed by atoms with Crippen molar-refractivity contribution in [2.24, 2.45) is 5.92 Å². The molecule has 2 N–H and O–H groups in total.